The quantitative estimate of drug-likeness (QED) is 0.321. The molecule has 29 heavy (non-hydrogen) atoms. The minimum Gasteiger partial charge on any atom is -0.507 e. The van der Waals surface area contributed by atoms with Gasteiger partial charge in [-0.05, 0) is 42.0 Å². The number of hydrogen-bond acceptors (Lipinski definition) is 5. The smallest absolute Gasteiger partial charge is 0.295 e. The van der Waals surface area contributed by atoms with E-state index in [9.17, 15) is 23.5 Å². The predicted octanol–water partition coefficient (Wildman–Crippen LogP) is 2.40. The van der Waals surface area contributed by atoms with Crippen LogP contribution in [-0.2, 0) is 14.3 Å². The summed E-state index contributed by atoms with van der Waals surface area (Å²) < 4.78 is 31.8. The van der Waals surface area contributed by atoms with Crippen molar-refractivity contribution in [2.45, 2.75) is 6.04 Å². The summed E-state index contributed by atoms with van der Waals surface area (Å²) in [7, 11) is 0. The number of ether oxygens (including phenoxy) is 1. The van der Waals surface area contributed by atoms with Gasteiger partial charge in [-0.1, -0.05) is 12.1 Å². The van der Waals surface area contributed by atoms with Gasteiger partial charge in [0.2, 0.25) is 0 Å². The van der Waals surface area contributed by atoms with Crippen molar-refractivity contribution < 1.29 is 33.3 Å². The molecule has 1 aliphatic rings. The van der Waals surface area contributed by atoms with Gasteiger partial charge < -0.3 is 19.8 Å². The number of halogens is 2. The number of hydrogen-bond donors (Lipinski definition) is 2. The summed E-state index contributed by atoms with van der Waals surface area (Å²) in [5.74, 6) is -3.19. The summed E-state index contributed by atoms with van der Waals surface area (Å²) in [5, 5.41) is 19.5. The molecule has 2 aromatic rings. The summed E-state index contributed by atoms with van der Waals surface area (Å²) >= 11 is 0. The zero-order valence-corrected chi connectivity index (χ0v) is 15.3. The van der Waals surface area contributed by atoms with Crippen LogP contribution in [0.2, 0.25) is 0 Å². The Hall–Kier alpha value is -3.10. The van der Waals surface area contributed by atoms with Crippen LogP contribution in [0, 0.1) is 11.6 Å². The molecular weight excluding hydrogens is 384 g/mol. The number of benzene rings is 2. The third kappa shape index (κ3) is 4.33. The van der Waals surface area contributed by atoms with E-state index in [4.69, 9.17) is 9.84 Å². The second-order valence-electron chi connectivity index (χ2n) is 6.39. The first kappa shape index (κ1) is 20.6. The van der Waals surface area contributed by atoms with Gasteiger partial charge in [-0.3, -0.25) is 9.59 Å². The lowest BCUT2D eigenvalue weighted by Crippen LogP contribution is -2.33. The van der Waals surface area contributed by atoms with Gasteiger partial charge in [0.25, 0.3) is 11.7 Å². The SMILES string of the molecule is O=C1C(=O)N(CCOCCO)C(c2ccc(F)cc2)C1=C(O)c1ccc(F)cc1. The Morgan fingerprint density at radius 3 is 2.14 bits per heavy atom. The van der Waals surface area contributed by atoms with Crippen LogP contribution in [0.5, 0.6) is 0 Å². The fourth-order valence-electron chi connectivity index (χ4n) is 3.20. The van der Waals surface area contributed by atoms with E-state index in [1.807, 2.05) is 0 Å². The molecule has 1 amide bonds. The summed E-state index contributed by atoms with van der Waals surface area (Å²) in [5.41, 5.74) is 0.430. The van der Waals surface area contributed by atoms with E-state index in [2.05, 4.69) is 0 Å². The highest BCUT2D eigenvalue weighted by molar-refractivity contribution is 6.46. The number of ketones is 1. The first-order valence-electron chi connectivity index (χ1n) is 8.92. The first-order chi connectivity index (χ1) is 13.9. The number of aliphatic hydroxyl groups is 2. The molecular formula is C21H19F2NO5. The second kappa shape index (κ2) is 8.93. The monoisotopic (exact) mass is 403 g/mol. The third-order valence-corrected chi connectivity index (χ3v) is 4.56. The van der Waals surface area contributed by atoms with Gasteiger partial charge in [0.1, 0.15) is 17.4 Å². The minimum absolute atomic E-state index is 0.0206. The Morgan fingerprint density at radius 2 is 1.55 bits per heavy atom. The molecule has 1 heterocycles. The summed E-state index contributed by atoms with van der Waals surface area (Å²) in [6.45, 7) is -0.0415. The van der Waals surface area contributed by atoms with E-state index in [0.29, 0.717) is 5.56 Å². The lowest BCUT2D eigenvalue weighted by molar-refractivity contribution is -0.140. The van der Waals surface area contributed by atoms with Crippen LogP contribution >= 0.6 is 0 Å². The van der Waals surface area contributed by atoms with Gasteiger partial charge in [-0.25, -0.2) is 8.78 Å². The highest BCUT2D eigenvalue weighted by Crippen LogP contribution is 2.39. The number of amides is 1. The van der Waals surface area contributed by atoms with Gasteiger partial charge in [-0.15, -0.1) is 0 Å². The Morgan fingerprint density at radius 1 is 0.966 bits per heavy atom. The molecule has 0 saturated carbocycles. The van der Waals surface area contributed by atoms with Crippen molar-refractivity contribution in [1.82, 2.24) is 4.90 Å². The number of nitrogens with zero attached hydrogens (tertiary/aromatic N) is 1. The third-order valence-electron chi connectivity index (χ3n) is 4.56. The molecule has 0 aliphatic carbocycles. The van der Waals surface area contributed by atoms with Crippen molar-refractivity contribution in [3.8, 4) is 0 Å². The molecule has 2 N–H and O–H groups in total. The minimum atomic E-state index is -0.960. The topological polar surface area (TPSA) is 87.1 Å². The largest absolute Gasteiger partial charge is 0.507 e. The van der Waals surface area contributed by atoms with Crippen LogP contribution in [0.15, 0.2) is 54.1 Å². The van der Waals surface area contributed by atoms with Crippen LogP contribution < -0.4 is 0 Å². The number of carbonyl (C=O) groups is 2. The second-order valence-corrected chi connectivity index (χ2v) is 6.39. The standard InChI is InChI=1S/C21H19F2NO5/c22-15-5-1-13(2-6-15)18-17(19(26)14-3-7-16(23)8-4-14)20(27)21(28)24(18)9-11-29-12-10-25/h1-8,18,25-26H,9-12H2. The molecule has 3 rings (SSSR count). The van der Waals surface area contributed by atoms with Gasteiger partial charge in [0, 0.05) is 12.1 Å². The zero-order valence-electron chi connectivity index (χ0n) is 15.3. The number of aliphatic hydroxyl groups excluding tert-OH is 2. The fourth-order valence-corrected chi connectivity index (χ4v) is 3.20. The Labute approximate surface area is 165 Å². The average molecular weight is 403 g/mol. The Bertz CT molecular complexity index is 925. The van der Waals surface area contributed by atoms with Crippen molar-refractivity contribution in [1.29, 1.82) is 0 Å². The first-order valence-corrected chi connectivity index (χ1v) is 8.92. The fraction of sp³-hybridized carbons (Fsp3) is 0.238. The summed E-state index contributed by atoms with van der Waals surface area (Å²) in [6.07, 6.45) is 0. The highest BCUT2D eigenvalue weighted by Gasteiger charge is 2.45. The molecule has 0 spiro atoms. The zero-order chi connectivity index (χ0) is 21.0. The molecule has 1 atom stereocenters. The van der Waals surface area contributed by atoms with Gasteiger partial charge in [0.05, 0.1) is 31.4 Å². The summed E-state index contributed by atoms with van der Waals surface area (Å²) in [6, 6.07) is 9.11. The average Bonchev–Trinajstić information content (AvgIpc) is 2.96. The maximum atomic E-state index is 13.4. The van der Waals surface area contributed by atoms with E-state index in [0.717, 1.165) is 12.1 Å². The van der Waals surface area contributed by atoms with E-state index in [1.54, 1.807) is 0 Å². The lowest BCUT2D eigenvalue weighted by atomic mass is 9.95. The van der Waals surface area contributed by atoms with Crippen LogP contribution in [0.1, 0.15) is 17.2 Å². The van der Waals surface area contributed by atoms with Gasteiger partial charge in [-0.2, -0.15) is 0 Å². The lowest BCUT2D eigenvalue weighted by Gasteiger charge is -2.25. The van der Waals surface area contributed by atoms with E-state index >= 15 is 0 Å². The molecule has 1 unspecified atom stereocenters. The highest BCUT2D eigenvalue weighted by atomic mass is 19.1. The van der Waals surface area contributed by atoms with E-state index in [-0.39, 0.29) is 37.5 Å². The van der Waals surface area contributed by atoms with Gasteiger partial charge in [0.15, 0.2) is 0 Å². The predicted molar refractivity (Wildman–Crippen MR) is 99.7 cm³/mol. The van der Waals surface area contributed by atoms with E-state index in [1.165, 1.54) is 41.3 Å². The Balaban J connectivity index is 2.05. The molecule has 2 aromatic carbocycles. The normalized spacial score (nSPS) is 18.4. The maximum absolute atomic E-state index is 13.4. The molecule has 8 heteroatoms. The molecule has 1 fully saturated rings. The molecule has 1 aliphatic heterocycles. The Kier molecular flexibility index (Phi) is 6.36. The van der Waals surface area contributed by atoms with Crippen molar-refractivity contribution in [3.63, 3.8) is 0 Å². The van der Waals surface area contributed by atoms with Gasteiger partial charge >= 0.3 is 0 Å². The van der Waals surface area contributed by atoms with Crippen LogP contribution in [-0.4, -0.2) is 53.2 Å². The van der Waals surface area contributed by atoms with Crippen LogP contribution in [0.3, 0.4) is 0 Å². The number of likely N-dealkylation sites (tertiary alicyclic amines) is 1. The molecule has 152 valence electrons. The molecule has 0 aromatic heterocycles. The summed E-state index contributed by atoms with van der Waals surface area (Å²) in [4.78, 5) is 26.5. The molecule has 1 saturated heterocycles. The van der Waals surface area contributed by atoms with Crippen molar-refractivity contribution in [3.05, 3.63) is 76.9 Å². The van der Waals surface area contributed by atoms with Crippen molar-refractivity contribution in [2.24, 2.45) is 0 Å². The van der Waals surface area contributed by atoms with Crippen LogP contribution in [0.25, 0.3) is 5.76 Å². The van der Waals surface area contributed by atoms with Crippen molar-refractivity contribution in [2.75, 3.05) is 26.4 Å². The number of Topliss-reactive ketones (excluding diaryl/α,β-unsaturated/α-hetero) is 1. The molecule has 6 nitrogen and oxygen atoms in total. The van der Waals surface area contributed by atoms with E-state index < -0.39 is 35.1 Å². The molecule has 0 radical (unpaired) electrons. The number of rotatable bonds is 7. The number of carbonyl (C=O) groups excluding carboxylic acids is 2. The maximum Gasteiger partial charge on any atom is 0.295 e. The van der Waals surface area contributed by atoms with Crippen molar-refractivity contribution >= 4 is 17.4 Å². The molecule has 0 bridgehead atoms. The van der Waals surface area contributed by atoms with Crippen LogP contribution in [0.4, 0.5) is 8.78 Å².